The highest BCUT2D eigenvalue weighted by molar-refractivity contribution is 5.96. The first-order chi connectivity index (χ1) is 13.0. The van der Waals surface area contributed by atoms with Gasteiger partial charge >= 0.3 is 0 Å². The summed E-state index contributed by atoms with van der Waals surface area (Å²) in [5.41, 5.74) is 1.30. The molecule has 0 bridgehead atoms. The largest absolute Gasteiger partial charge is 0.476 e. The average Bonchev–Trinajstić information content (AvgIpc) is 2.67. The molecule has 2 heterocycles. The van der Waals surface area contributed by atoms with Gasteiger partial charge in [-0.15, -0.1) is 0 Å². The molecule has 0 atom stereocenters. The SMILES string of the molecule is CN(C)CCOc1ccc2[nH]cc(C(=O)NCc3ccccc3)c(=O)c2n1. The van der Waals surface area contributed by atoms with Gasteiger partial charge in [0.1, 0.15) is 17.7 Å². The summed E-state index contributed by atoms with van der Waals surface area (Å²) in [6.07, 6.45) is 1.42. The Labute approximate surface area is 157 Å². The summed E-state index contributed by atoms with van der Waals surface area (Å²) < 4.78 is 5.58. The lowest BCUT2D eigenvalue weighted by atomic mass is 10.2. The zero-order valence-electron chi connectivity index (χ0n) is 15.4. The number of carbonyl (C=O) groups excluding carboxylic acids is 1. The van der Waals surface area contributed by atoms with Crippen LogP contribution in [0.4, 0.5) is 0 Å². The molecule has 0 unspecified atom stereocenters. The Balaban J connectivity index is 1.78. The van der Waals surface area contributed by atoms with Gasteiger partial charge in [-0.2, -0.15) is 0 Å². The third-order valence-electron chi connectivity index (χ3n) is 4.03. The van der Waals surface area contributed by atoms with Crippen molar-refractivity contribution in [2.24, 2.45) is 0 Å². The maximum atomic E-state index is 12.7. The van der Waals surface area contributed by atoms with Gasteiger partial charge in [-0.1, -0.05) is 30.3 Å². The van der Waals surface area contributed by atoms with Gasteiger partial charge in [0.05, 0.1) is 5.52 Å². The third kappa shape index (κ3) is 4.71. The minimum absolute atomic E-state index is 0.0244. The van der Waals surface area contributed by atoms with E-state index >= 15 is 0 Å². The Kier molecular flexibility index (Phi) is 5.83. The van der Waals surface area contributed by atoms with Crippen LogP contribution in [0.1, 0.15) is 15.9 Å². The van der Waals surface area contributed by atoms with Gasteiger partial charge in [-0.05, 0) is 25.7 Å². The summed E-state index contributed by atoms with van der Waals surface area (Å²) in [6, 6.07) is 12.9. The minimum atomic E-state index is -0.442. The molecule has 0 aliphatic heterocycles. The molecule has 2 N–H and O–H groups in total. The van der Waals surface area contributed by atoms with Crippen molar-refractivity contribution >= 4 is 16.9 Å². The Morgan fingerprint density at radius 3 is 2.70 bits per heavy atom. The molecule has 0 saturated carbocycles. The van der Waals surface area contributed by atoms with Crippen LogP contribution in [0.25, 0.3) is 11.0 Å². The van der Waals surface area contributed by atoms with Crippen molar-refractivity contribution in [2.45, 2.75) is 6.54 Å². The molecule has 1 amide bonds. The van der Waals surface area contributed by atoms with E-state index in [1.54, 1.807) is 12.1 Å². The van der Waals surface area contributed by atoms with Gasteiger partial charge in [-0.25, -0.2) is 4.98 Å². The van der Waals surface area contributed by atoms with E-state index in [2.05, 4.69) is 15.3 Å². The molecular weight excluding hydrogens is 344 g/mol. The number of pyridine rings is 2. The number of aromatic amines is 1. The van der Waals surface area contributed by atoms with Gasteiger partial charge in [-0.3, -0.25) is 9.59 Å². The topological polar surface area (TPSA) is 87.3 Å². The summed E-state index contributed by atoms with van der Waals surface area (Å²) in [4.78, 5) is 34.3. The van der Waals surface area contributed by atoms with Crippen molar-refractivity contribution in [1.29, 1.82) is 0 Å². The second-order valence-corrected chi connectivity index (χ2v) is 6.40. The van der Waals surface area contributed by atoms with Gasteiger partial charge in [0.2, 0.25) is 11.3 Å². The number of aromatic nitrogens is 2. The normalized spacial score (nSPS) is 10.9. The van der Waals surface area contributed by atoms with Crippen LogP contribution < -0.4 is 15.5 Å². The molecule has 1 aromatic carbocycles. The molecule has 7 heteroatoms. The number of hydrogen-bond acceptors (Lipinski definition) is 5. The fraction of sp³-hybridized carbons (Fsp3) is 0.250. The molecule has 7 nitrogen and oxygen atoms in total. The molecule has 0 spiro atoms. The average molecular weight is 366 g/mol. The number of amides is 1. The monoisotopic (exact) mass is 366 g/mol. The number of H-pyrrole nitrogens is 1. The number of rotatable bonds is 7. The summed E-state index contributed by atoms with van der Waals surface area (Å²) >= 11 is 0. The molecule has 2 aromatic heterocycles. The fourth-order valence-corrected chi connectivity index (χ4v) is 2.53. The van der Waals surface area contributed by atoms with Gasteiger partial charge in [0.25, 0.3) is 5.91 Å². The van der Waals surface area contributed by atoms with Crippen LogP contribution in [0.3, 0.4) is 0 Å². The van der Waals surface area contributed by atoms with Crippen molar-refractivity contribution in [2.75, 3.05) is 27.2 Å². The van der Waals surface area contributed by atoms with Crippen molar-refractivity contribution < 1.29 is 9.53 Å². The third-order valence-corrected chi connectivity index (χ3v) is 4.03. The molecule has 0 saturated heterocycles. The maximum Gasteiger partial charge on any atom is 0.257 e. The quantitative estimate of drug-likeness (QED) is 0.666. The van der Waals surface area contributed by atoms with E-state index < -0.39 is 11.3 Å². The van der Waals surface area contributed by atoms with E-state index in [0.717, 1.165) is 12.1 Å². The van der Waals surface area contributed by atoms with E-state index in [1.165, 1.54) is 6.20 Å². The smallest absolute Gasteiger partial charge is 0.257 e. The van der Waals surface area contributed by atoms with Crippen LogP contribution >= 0.6 is 0 Å². The van der Waals surface area contributed by atoms with Crippen LogP contribution in [-0.4, -0.2) is 48.0 Å². The highest BCUT2D eigenvalue weighted by Gasteiger charge is 2.14. The van der Waals surface area contributed by atoms with Gasteiger partial charge < -0.3 is 19.9 Å². The fourth-order valence-electron chi connectivity index (χ4n) is 2.53. The molecule has 0 aliphatic carbocycles. The van der Waals surface area contributed by atoms with Crippen molar-refractivity contribution in [3.63, 3.8) is 0 Å². The van der Waals surface area contributed by atoms with Crippen LogP contribution in [-0.2, 0) is 6.54 Å². The van der Waals surface area contributed by atoms with Crippen molar-refractivity contribution in [1.82, 2.24) is 20.2 Å². The van der Waals surface area contributed by atoms with E-state index in [4.69, 9.17) is 4.74 Å². The zero-order valence-corrected chi connectivity index (χ0v) is 15.4. The van der Waals surface area contributed by atoms with Crippen LogP contribution in [0.5, 0.6) is 5.88 Å². The Morgan fingerprint density at radius 2 is 1.96 bits per heavy atom. The zero-order chi connectivity index (χ0) is 19.2. The molecule has 0 fully saturated rings. The number of nitrogens with one attached hydrogen (secondary N) is 2. The lowest BCUT2D eigenvalue weighted by Crippen LogP contribution is -2.28. The predicted molar refractivity (Wildman–Crippen MR) is 104 cm³/mol. The summed E-state index contributed by atoms with van der Waals surface area (Å²) in [5.74, 6) is -0.0839. The number of hydrogen-bond donors (Lipinski definition) is 2. The number of carbonyl (C=O) groups is 1. The second kappa shape index (κ2) is 8.46. The summed E-state index contributed by atoms with van der Waals surface area (Å²) in [5, 5.41) is 2.76. The van der Waals surface area contributed by atoms with Gasteiger partial charge in [0.15, 0.2) is 0 Å². The van der Waals surface area contributed by atoms with E-state index in [9.17, 15) is 9.59 Å². The number of likely N-dealkylation sites (N-methyl/N-ethyl adjacent to an activating group) is 1. The number of ether oxygens (including phenoxy) is 1. The lowest BCUT2D eigenvalue weighted by molar-refractivity contribution is 0.0949. The Morgan fingerprint density at radius 1 is 1.19 bits per heavy atom. The highest BCUT2D eigenvalue weighted by atomic mass is 16.5. The molecule has 0 aliphatic rings. The van der Waals surface area contributed by atoms with Crippen LogP contribution in [0.15, 0.2) is 53.5 Å². The summed E-state index contributed by atoms with van der Waals surface area (Å²) in [6.45, 7) is 1.54. The van der Waals surface area contributed by atoms with Crippen molar-refractivity contribution in [3.8, 4) is 5.88 Å². The number of nitrogens with zero attached hydrogens (tertiary/aromatic N) is 2. The van der Waals surface area contributed by atoms with E-state index in [1.807, 2.05) is 49.3 Å². The van der Waals surface area contributed by atoms with Gasteiger partial charge in [0, 0.05) is 25.4 Å². The molecule has 3 aromatic rings. The highest BCUT2D eigenvalue weighted by Crippen LogP contribution is 2.12. The molecule has 140 valence electrons. The molecule has 27 heavy (non-hydrogen) atoms. The first-order valence-corrected chi connectivity index (χ1v) is 8.66. The predicted octanol–water partition coefficient (Wildman–Crippen LogP) is 1.79. The van der Waals surface area contributed by atoms with E-state index in [0.29, 0.717) is 24.5 Å². The number of benzene rings is 1. The first-order valence-electron chi connectivity index (χ1n) is 8.66. The van der Waals surface area contributed by atoms with Crippen molar-refractivity contribution in [3.05, 3.63) is 70.0 Å². The maximum absolute atomic E-state index is 12.7. The summed E-state index contributed by atoms with van der Waals surface area (Å²) in [7, 11) is 3.89. The Hall–Kier alpha value is -3.19. The van der Waals surface area contributed by atoms with Crippen LogP contribution in [0.2, 0.25) is 0 Å². The molecule has 0 radical (unpaired) electrons. The lowest BCUT2D eigenvalue weighted by Gasteiger charge is -2.11. The van der Waals surface area contributed by atoms with E-state index in [-0.39, 0.29) is 11.1 Å². The minimum Gasteiger partial charge on any atom is -0.476 e. The number of fused-ring (bicyclic) bond motifs is 1. The first kappa shape index (κ1) is 18.6. The Bertz CT molecular complexity index is 983. The molecular formula is C20H22N4O3. The van der Waals surface area contributed by atoms with Crippen LogP contribution in [0, 0.1) is 0 Å². The standard InChI is InChI=1S/C20H22N4O3/c1-24(2)10-11-27-17-9-8-16-18(23-17)19(25)15(13-21-16)20(26)22-12-14-6-4-3-5-7-14/h3-9,13H,10-12H2,1-2H3,(H,21,25)(H,22,26). The second-order valence-electron chi connectivity index (χ2n) is 6.40. The molecule has 3 rings (SSSR count).